The van der Waals surface area contributed by atoms with E-state index in [0.717, 1.165) is 23.6 Å². The molecule has 1 heterocycles. The molecular formula is C15H15ClO. The first-order chi connectivity index (χ1) is 8.25. The van der Waals surface area contributed by atoms with E-state index in [1.54, 1.807) is 0 Å². The van der Waals surface area contributed by atoms with Crippen LogP contribution in [0.15, 0.2) is 28.7 Å². The normalized spacial score (nSPS) is 14.7. The summed E-state index contributed by atoms with van der Waals surface area (Å²) in [5.74, 6) is 2.23. The maximum Gasteiger partial charge on any atom is 0.109 e. The molecular weight excluding hydrogens is 232 g/mol. The van der Waals surface area contributed by atoms with E-state index in [9.17, 15) is 0 Å². The topological polar surface area (TPSA) is 13.1 Å². The number of aryl methyl sites for hydroxylation is 2. The van der Waals surface area contributed by atoms with E-state index in [4.69, 9.17) is 16.0 Å². The van der Waals surface area contributed by atoms with Crippen molar-refractivity contribution in [2.45, 2.75) is 32.6 Å². The molecule has 1 aromatic heterocycles. The third-order valence-corrected chi connectivity index (χ3v) is 3.73. The quantitative estimate of drug-likeness (QED) is 0.705. The number of furan rings is 1. The van der Waals surface area contributed by atoms with Crippen molar-refractivity contribution in [1.82, 2.24) is 0 Å². The van der Waals surface area contributed by atoms with Gasteiger partial charge >= 0.3 is 0 Å². The van der Waals surface area contributed by atoms with Gasteiger partial charge in [-0.2, -0.15) is 0 Å². The molecule has 0 atom stereocenters. The van der Waals surface area contributed by atoms with E-state index in [1.807, 2.05) is 12.1 Å². The Bertz CT molecular complexity index is 537. The van der Waals surface area contributed by atoms with Crippen molar-refractivity contribution in [3.63, 3.8) is 0 Å². The monoisotopic (exact) mass is 246 g/mol. The average molecular weight is 247 g/mol. The number of hydrogen-bond donors (Lipinski definition) is 0. The summed E-state index contributed by atoms with van der Waals surface area (Å²) < 4.78 is 5.89. The number of halogens is 1. The predicted molar refractivity (Wildman–Crippen MR) is 70.5 cm³/mol. The molecule has 0 saturated carbocycles. The van der Waals surface area contributed by atoms with Crippen molar-refractivity contribution in [2.75, 3.05) is 0 Å². The summed E-state index contributed by atoms with van der Waals surface area (Å²) in [6.07, 6.45) is 4.75. The van der Waals surface area contributed by atoms with Gasteiger partial charge in [0, 0.05) is 22.6 Å². The summed E-state index contributed by atoms with van der Waals surface area (Å²) in [5.41, 5.74) is 3.92. The van der Waals surface area contributed by atoms with Gasteiger partial charge in [-0.3, -0.25) is 0 Å². The Morgan fingerprint density at radius 3 is 2.53 bits per heavy atom. The van der Waals surface area contributed by atoms with Crippen molar-refractivity contribution in [3.8, 4) is 11.1 Å². The number of hydrogen-bond acceptors (Lipinski definition) is 1. The van der Waals surface area contributed by atoms with Crippen molar-refractivity contribution >= 4 is 11.6 Å². The molecule has 0 spiro atoms. The lowest BCUT2D eigenvalue weighted by Crippen LogP contribution is -1.99. The zero-order chi connectivity index (χ0) is 11.8. The van der Waals surface area contributed by atoms with Crippen LogP contribution in [-0.4, -0.2) is 0 Å². The van der Waals surface area contributed by atoms with Gasteiger partial charge in [0.2, 0.25) is 0 Å². The molecule has 2 aromatic rings. The molecule has 0 fully saturated rings. The average Bonchev–Trinajstić information content (AvgIpc) is 2.66. The Kier molecular flexibility index (Phi) is 2.71. The van der Waals surface area contributed by atoms with Crippen LogP contribution in [0.25, 0.3) is 11.1 Å². The standard InChI is InChI=1S/C15H15ClO/c1-10-15(11-6-8-12(16)9-7-11)13-4-2-3-5-14(13)17-10/h6-9H,2-5H2,1H3. The van der Waals surface area contributed by atoms with E-state index in [-0.39, 0.29) is 0 Å². The molecule has 1 aliphatic carbocycles. The molecule has 2 heteroatoms. The summed E-state index contributed by atoms with van der Waals surface area (Å²) >= 11 is 5.93. The van der Waals surface area contributed by atoms with Crippen molar-refractivity contribution in [2.24, 2.45) is 0 Å². The van der Waals surface area contributed by atoms with Gasteiger partial charge in [-0.1, -0.05) is 23.7 Å². The lowest BCUT2D eigenvalue weighted by molar-refractivity contribution is 0.458. The Morgan fingerprint density at radius 1 is 1.06 bits per heavy atom. The second-order valence-corrected chi connectivity index (χ2v) is 5.09. The van der Waals surface area contributed by atoms with E-state index in [0.29, 0.717) is 0 Å². The first kappa shape index (κ1) is 10.9. The Morgan fingerprint density at radius 2 is 1.76 bits per heavy atom. The summed E-state index contributed by atoms with van der Waals surface area (Å²) in [4.78, 5) is 0. The summed E-state index contributed by atoms with van der Waals surface area (Å²) in [6, 6.07) is 8.04. The molecule has 0 N–H and O–H groups in total. The van der Waals surface area contributed by atoms with E-state index < -0.39 is 0 Å². The lowest BCUT2D eigenvalue weighted by Gasteiger charge is -2.11. The minimum atomic E-state index is 0.781. The highest BCUT2D eigenvalue weighted by Crippen LogP contribution is 2.36. The lowest BCUT2D eigenvalue weighted by atomic mass is 9.91. The zero-order valence-corrected chi connectivity index (χ0v) is 10.7. The molecule has 0 radical (unpaired) electrons. The highest BCUT2D eigenvalue weighted by molar-refractivity contribution is 6.30. The molecule has 3 rings (SSSR count). The molecule has 0 saturated heterocycles. The van der Waals surface area contributed by atoms with Gasteiger partial charge in [-0.05, 0) is 43.9 Å². The van der Waals surface area contributed by atoms with E-state index in [1.165, 1.54) is 35.3 Å². The maximum absolute atomic E-state index is 5.93. The van der Waals surface area contributed by atoms with Gasteiger partial charge < -0.3 is 4.42 Å². The number of fused-ring (bicyclic) bond motifs is 1. The van der Waals surface area contributed by atoms with Crippen LogP contribution < -0.4 is 0 Å². The van der Waals surface area contributed by atoms with Crippen LogP contribution in [-0.2, 0) is 12.8 Å². The summed E-state index contributed by atoms with van der Waals surface area (Å²) in [6.45, 7) is 2.06. The Balaban J connectivity index is 2.13. The van der Waals surface area contributed by atoms with Gasteiger partial charge in [0.1, 0.15) is 11.5 Å². The fourth-order valence-corrected chi connectivity index (χ4v) is 2.82. The van der Waals surface area contributed by atoms with Crippen LogP contribution in [0.2, 0.25) is 5.02 Å². The van der Waals surface area contributed by atoms with Crippen LogP contribution in [0.1, 0.15) is 29.9 Å². The van der Waals surface area contributed by atoms with Gasteiger partial charge in [-0.25, -0.2) is 0 Å². The van der Waals surface area contributed by atoms with Crippen LogP contribution in [0, 0.1) is 6.92 Å². The molecule has 0 unspecified atom stereocenters. The smallest absolute Gasteiger partial charge is 0.109 e. The van der Waals surface area contributed by atoms with Gasteiger partial charge in [0.15, 0.2) is 0 Å². The van der Waals surface area contributed by atoms with Gasteiger partial charge in [-0.15, -0.1) is 0 Å². The third-order valence-electron chi connectivity index (χ3n) is 3.48. The van der Waals surface area contributed by atoms with E-state index in [2.05, 4.69) is 19.1 Å². The highest BCUT2D eigenvalue weighted by atomic mass is 35.5. The maximum atomic E-state index is 5.93. The Hall–Kier alpha value is -1.21. The Labute approximate surface area is 106 Å². The van der Waals surface area contributed by atoms with Crippen molar-refractivity contribution < 1.29 is 4.42 Å². The van der Waals surface area contributed by atoms with Crippen molar-refractivity contribution in [3.05, 3.63) is 46.4 Å². The fraction of sp³-hybridized carbons (Fsp3) is 0.333. The zero-order valence-electron chi connectivity index (χ0n) is 9.92. The third kappa shape index (κ3) is 1.89. The molecule has 0 amide bonds. The molecule has 1 aromatic carbocycles. The van der Waals surface area contributed by atoms with Crippen molar-refractivity contribution in [1.29, 1.82) is 0 Å². The highest BCUT2D eigenvalue weighted by Gasteiger charge is 2.21. The fourth-order valence-electron chi connectivity index (χ4n) is 2.70. The number of rotatable bonds is 1. The van der Waals surface area contributed by atoms with Gasteiger partial charge in [0.25, 0.3) is 0 Å². The summed E-state index contributed by atoms with van der Waals surface area (Å²) in [7, 11) is 0. The first-order valence-corrected chi connectivity index (χ1v) is 6.50. The molecule has 1 nitrogen and oxygen atoms in total. The van der Waals surface area contributed by atoms with Gasteiger partial charge in [0.05, 0.1) is 0 Å². The SMILES string of the molecule is Cc1oc2c(c1-c1ccc(Cl)cc1)CCCC2. The second kappa shape index (κ2) is 4.23. The van der Waals surface area contributed by atoms with Crippen LogP contribution >= 0.6 is 11.6 Å². The largest absolute Gasteiger partial charge is 0.465 e. The van der Waals surface area contributed by atoms with E-state index >= 15 is 0 Å². The molecule has 0 aliphatic heterocycles. The second-order valence-electron chi connectivity index (χ2n) is 4.65. The molecule has 17 heavy (non-hydrogen) atoms. The minimum Gasteiger partial charge on any atom is -0.465 e. The van der Waals surface area contributed by atoms with Crippen LogP contribution in [0.3, 0.4) is 0 Å². The van der Waals surface area contributed by atoms with Crippen LogP contribution in [0.4, 0.5) is 0 Å². The minimum absolute atomic E-state index is 0.781. The first-order valence-electron chi connectivity index (χ1n) is 6.13. The predicted octanol–water partition coefficient (Wildman–Crippen LogP) is 4.79. The molecule has 88 valence electrons. The number of benzene rings is 1. The molecule has 0 bridgehead atoms. The summed E-state index contributed by atoms with van der Waals surface area (Å²) in [5, 5.41) is 0.781. The molecule has 1 aliphatic rings. The van der Waals surface area contributed by atoms with Crippen LogP contribution in [0.5, 0.6) is 0 Å².